The molecule has 2 atom stereocenters. The Morgan fingerprint density at radius 2 is 1.91 bits per heavy atom. The Kier molecular flexibility index (Phi) is 4.98. The number of hydrogen-bond donors (Lipinski definition) is 1. The molecule has 0 aliphatic carbocycles. The first-order chi connectivity index (χ1) is 10.7. The molecule has 2 unspecified atom stereocenters. The predicted molar refractivity (Wildman–Crippen MR) is 88.7 cm³/mol. The minimum absolute atomic E-state index is 0.145. The van der Waals surface area contributed by atoms with E-state index in [1.807, 2.05) is 4.90 Å². The Hall–Kier alpha value is -1.55. The lowest BCUT2D eigenvalue weighted by Crippen LogP contribution is -2.51. The van der Waals surface area contributed by atoms with E-state index >= 15 is 0 Å². The zero-order valence-electron chi connectivity index (χ0n) is 13.5. The van der Waals surface area contributed by atoms with Gasteiger partial charge in [0.05, 0.1) is 0 Å². The molecule has 0 bridgehead atoms. The number of amides is 2. The number of benzene rings is 1. The fourth-order valence-electron chi connectivity index (χ4n) is 3.59. The zero-order chi connectivity index (χ0) is 15.4. The fourth-order valence-corrected chi connectivity index (χ4v) is 3.59. The van der Waals surface area contributed by atoms with Crippen LogP contribution in [0.1, 0.15) is 38.2 Å². The molecule has 1 aromatic rings. The predicted octanol–water partition coefficient (Wildman–Crippen LogP) is 2.84. The van der Waals surface area contributed by atoms with Crippen molar-refractivity contribution in [2.75, 3.05) is 19.6 Å². The van der Waals surface area contributed by atoms with Crippen molar-refractivity contribution >= 4 is 6.03 Å². The molecule has 4 heteroatoms. The molecule has 2 amide bonds. The third kappa shape index (κ3) is 3.80. The van der Waals surface area contributed by atoms with Crippen molar-refractivity contribution in [1.82, 2.24) is 15.1 Å². The lowest BCUT2D eigenvalue weighted by molar-refractivity contribution is 0.126. The normalized spacial score (nSPS) is 26.1. The first-order valence-electron chi connectivity index (χ1n) is 8.56. The molecule has 2 aliphatic rings. The van der Waals surface area contributed by atoms with Crippen LogP contribution in [0.5, 0.6) is 0 Å². The van der Waals surface area contributed by atoms with Gasteiger partial charge in [-0.15, -0.1) is 0 Å². The summed E-state index contributed by atoms with van der Waals surface area (Å²) in [6, 6.07) is 11.6. The summed E-state index contributed by atoms with van der Waals surface area (Å²) in [7, 11) is 0. The molecular formula is C18H27N3O. The number of piperidine rings is 1. The van der Waals surface area contributed by atoms with Crippen LogP contribution >= 0.6 is 0 Å². The van der Waals surface area contributed by atoms with Gasteiger partial charge in [-0.05, 0) is 38.2 Å². The number of rotatable bonds is 3. The maximum atomic E-state index is 12.2. The molecule has 0 spiro atoms. The van der Waals surface area contributed by atoms with E-state index in [-0.39, 0.29) is 6.03 Å². The van der Waals surface area contributed by atoms with Crippen LogP contribution in [0.2, 0.25) is 0 Å². The first-order valence-corrected chi connectivity index (χ1v) is 8.56. The van der Waals surface area contributed by atoms with Crippen molar-refractivity contribution < 1.29 is 4.79 Å². The van der Waals surface area contributed by atoms with E-state index in [1.165, 1.54) is 5.56 Å². The van der Waals surface area contributed by atoms with Gasteiger partial charge >= 0.3 is 6.03 Å². The highest BCUT2D eigenvalue weighted by Crippen LogP contribution is 2.20. The third-order valence-electron chi connectivity index (χ3n) is 4.96. The summed E-state index contributed by atoms with van der Waals surface area (Å²) in [5.41, 5.74) is 1.37. The summed E-state index contributed by atoms with van der Waals surface area (Å²) in [5.74, 6) is 0. The SMILES string of the molecule is CC1CC(NC(=O)N2CCCC2)CCN1Cc1ccccc1. The van der Waals surface area contributed by atoms with Crippen molar-refractivity contribution in [3.05, 3.63) is 35.9 Å². The van der Waals surface area contributed by atoms with Gasteiger partial charge in [0.25, 0.3) is 0 Å². The second kappa shape index (κ2) is 7.14. The molecule has 120 valence electrons. The highest BCUT2D eigenvalue weighted by atomic mass is 16.2. The first kappa shape index (κ1) is 15.3. The molecule has 0 radical (unpaired) electrons. The molecule has 22 heavy (non-hydrogen) atoms. The Bertz CT molecular complexity index is 484. The monoisotopic (exact) mass is 301 g/mol. The van der Waals surface area contributed by atoms with Crippen molar-refractivity contribution in [3.63, 3.8) is 0 Å². The van der Waals surface area contributed by atoms with Crippen LogP contribution in [0.4, 0.5) is 4.79 Å². The standard InChI is InChI=1S/C18H27N3O/c1-15-13-17(19-18(22)20-10-5-6-11-20)9-12-21(15)14-16-7-3-2-4-8-16/h2-4,7-8,15,17H,5-6,9-14H2,1H3,(H,19,22). The minimum atomic E-state index is 0.145. The lowest BCUT2D eigenvalue weighted by atomic mass is 9.97. The van der Waals surface area contributed by atoms with Crippen LogP contribution in [0.25, 0.3) is 0 Å². The van der Waals surface area contributed by atoms with E-state index in [0.717, 1.165) is 51.9 Å². The van der Waals surface area contributed by atoms with E-state index in [1.54, 1.807) is 0 Å². The van der Waals surface area contributed by atoms with Crippen LogP contribution in [0.3, 0.4) is 0 Å². The van der Waals surface area contributed by atoms with Gasteiger partial charge in [0, 0.05) is 38.3 Å². The molecule has 2 saturated heterocycles. The topological polar surface area (TPSA) is 35.6 Å². The zero-order valence-corrected chi connectivity index (χ0v) is 13.5. The number of hydrogen-bond acceptors (Lipinski definition) is 2. The number of carbonyl (C=O) groups excluding carboxylic acids is 1. The van der Waals surface area contributed by atoms with Gasteiger partial charge in [0.15, 0.2) is 0 Å². The smallest absolute Gasteiger partial charge is 0.317 e. The molecule has 2 heterocycles. The molecular weight excluding hydrogens is 274 g/mol. The van der Waals surface area contributed by atoms with Gasteiger partial charge in [0.2, 0.25) is 0 Å². The summed E-state index contributed by atoms with van der Waals surface area (Å²) < 4.78 is 0. The summed E-state index contributed by atoms with van der Waals surface area (Å²) >= 11 is 0. The second-order valence-corrected chi connectivity index (χ2v) is 6.67. The van der Waals surface area contributed by atoms with Crippen LogP contribution in [0, 0.1) is 0 Å². The number of likely N-dealkylation sites (tertiary alicyclic amines) is 2. The van der Waals surface area contributed by atoms with E-state index in [0.29, 0.717) is 12.1 Å². The maximum Gasteiger partial charge on any atom is 0.317 e. The summed E-state index contributed by atoms with van der Waals surface area (Å²) in [6.07, 6.45) is 4.40. The number of nitrogens with one attached hydrogen (secondary N) is 1. The number of nitrogens with zero attached hydrogens (tertiary/aromatic N) is 2. The Balaban J connectivity index is 1.48. The summed E-state index contributed by atoms with van der Waals surface area (Å²) in [6.45, 7) is 6.19. The third-order valence-corrected chi connectivity index (χ3v) is 4.96. The Labute approximate surface area is 133 Å². The quantitative estimate of drug-likeness (QED) is 0.932. The average Bonchev–Trinajstić information content (AvgIpc) is 3.05. The Morgan fingerprint density at radius 1 is 1.18 bits per heavy atom. The molecule has 0 aromatic heterocycles. The van der Waals surface area contributed by atoms with Crippen LogP contribution < -0.4 is 5.32 Å². The van der Waals surface area contributed by atoms with Crippen LogP contribution in [0.15, 0.2) is 30.3 Å². The Morgan fingerprint density at radius 3 is 2.59 bits per heavy atom. The molecule has 1 N–H and O–H groups in total. The molecule has 0 saturated carbocycles. The van der Waals surface area contributed by atoms with E-state index < -0.39 is 0 Å². The highest BCUT2D eigenvalue weighted by molar-refractivity contribution is 5.74. The number of urea groups is 1. The van der Waals surface area contributed by atoms with Crippen molar-refractivity contribution in [2.24, 2.45) is 0 Å². The molecule has 3 rings (SSSR count). The van der Waals surface area contributed by atoms with Gasteiger partial charge in [-0.2, -0.15) is 0 Å². The largest absolute Gasteiger partial charge is 0.335 e. The van der Waals surface area contributed by atoms with Crippen molar-refractivity contribution in [2.45, 2.75) is 51.2 Å². The number of carbonyl (C=O) groups is 1. The van der Waals surface area contributed by atoms with Crippen molar-refractivity contribution in [3.8, 4) is 0 Å². The van der Waals surface area contributed by atoms with Gasteiger partial charge in [-0.1, -0.05) is 30.3 Å². The summed E-state index contributed by atoms with van der Waals surface area (Å²) in [5, 5.41) is 3.24. The molecule has 2 aliphatic heterocycles. The highest BCUT2D eigenvalue weighted by Gasteiger charge is 2.28. The van der Waals surface area contributed by atoms with Gasteiger partial charge in [-0.3, -0.25) is 4.90 Å². The van der Waals surface area contributed by atoms with E-state index in [4.69, 9.17) is 0 Å². The van der Waals surface area contributed by atoms with E-state index in [9.17, 15) is 4.79 Å². The summed E-state index contributed by atoms with van der Waals surface area (Å²) in [4.78, 5) is 16.7. The molecule has 2 fully saturated rings. The second-order valence-electron chi connectivity index (χ2n) is 6.67. The van der Waals surface area contributed by atoms with Gasteiger partial charge < -0.3 is 10.2 Å². The fraction of sp³-hybridized carbons (Fsp3) is 0.611. The van der Waals surface area contributed by atoms with E-state index in [2.05, 4.69) is 47.5 Å². The molecule has 4 nitrogen and oxygen atoms in total. The minimum Gasteiger partial charge on any atom is -0.335 e. The van der Waals surface area contributed by atoms with Crippen LogP contribution in [-0.4, -0.2) is 47.5 Å². The molecule has 1 aromatic carbocycles. The lowest BCUT2D eigenvalue weighted by Gasteiger charge is -2.38. The van der Waals surface area contributed by atoms with Crippen LogP contribution in [-0.2, 0) is 6.54 Å². The van der Waals surface area contributed by atoms with Gasteiger partial charge in [0.1, 0.15) is 0 Å². The van der Waals surface area contributed by atoms with Gasteiger partial charge in [-0.25, -0.2) is 4.79 Å². The maximum absolute atomic E-state index is 12.2. The van der Waals surface area contributed by atoms with Crippen molar-refractivity contribution in [1.29, 1.82) is 0 Å². The average molecular weight is 301 g/mol.